The minimum absolute atomic E-state index is 0.701. The summed E-state index contributed by atoms with van der Waals surface area (Å²) in [7, 11) is 2.05. The summed E-state index contributed by atoms with van der Waals surface area (Å²) in [4.78, 5) is 0. The van der Waals surface area contributed by atoms with Gasteiger partial charge in [-0.15, -0.1) is 0 Å². The Kier molecular flexibility index (Phi) is 6.24. The molecule has 0 bridgehead atoms. The van der Waals surface area contributed by atoms with E-state index in [4.69, 9.17) is 0 Å². The quantitative estimate of drug-likeness (QED) is 0.662. The molecule has 10 heavy (non-hydrogen) atoms. The van der Waals surface area contributed by atoms with Gasteiger partial charge in [0.2, 0.25) is 0 Å². The molecule has 0 saturated carbocycles. The van der Waals surface area contributed by atoms with Crippen molar-refractivity contribution < 1.29 is 0 Å². The minimum Gasteiger partial charge on any atom is -0.317 e. The van der Waals surface area contributed by atoms with Gasteiger partial charge in [-0.3, -0.25) is 0 Å². The highest BCUT2D eigenvalue weighted by Crippen LogP contribution is 2.08. The number of thioether (sulfide) groups is 1. The Bertz CT molecular complexity index is 73.7. The highest BCUT2D eigenvalue weighted by atomic mass is 32.2. The number of hydrogen-bond donors (Lipinski definition) is 1. The van der Waals surface area contributed by atoms with Crippen LogP contribution in [0.5, 0.6) is 0 Å². The Morgan fingerprint density at radius 3 is 2.30 bits per heavy atom. The van der Waals surface area contributed by atoms with Gasteiger partial charge in [-0.25, -0.2) is 0 Å². The molecule has 1 N–H and O–H groups in total. The number of nitrogens with one attached hydrogen (secondary N) is 1. The lowest BCUT2D eigenvalue weighted by Gasteiger charge is -2.19. The smallest absolute Gasteiger partial charge is 0.00949 e. The maximum absolute atomic E-state index is 3.32. The van der Waals surface area contributed by atoms with Crippen molar-refractivity contribution in [2.24, 2.45) is 5.92 Å². The molecule has 0 amide bonds. The molecule has 0 aliphatic carbocycles. The normalized spacial score (nSPS) is 14.1. The summed E-state index contributed by atoms with van der Waals surface area (Å²) in [5, 5.41) is 3.32. The van der Waals surface area contributed by atoms with Crippen molar-refractivity contribution >= 4 is 11.8 Å². The van der Waals surface area contributed by atoms with E-state index in [-0.39, 0.29) is 0 Å². The van der Waals surface area contributed by atoms with E-state index in [0.717, 1.165) is 5.92 Å². The lowest BCUT2D eigenvalue weighted by molar-refractivity contribution is 0.418. The van der Waals surface area contributed by atoms with Gasteiger partial charge in [-0.1, -0.05) is 13.8 Å². The summed E-state index contributed by atoms with van der Waals surface area (Å²) in [5.41, 5.74) is 0. The summed E-state index contributed by atoms with van der Waals surface area (Å²) in [6, 6.07) is 0.701. The van der Waals surface area contributed by atoms with Crippen LogP contribution >= 0.6 is 11.8 Å². The second-order valence-corrected chi connectivity index (χ2v) is 3.91. The standard InChI is InChI=1S/C8H19NS/c1-7(2)8(9-3)5-6-10-4/h7-9H,5-6H2,1-4H3. The van der Waals surface area contributed by atoms with Crippen LogP contribution in [0.15, 0.2) is 0 Å². The van der Waals surface area contributed by atoms with Gasteiger partial charge >= 0.3 is 0 Å². The first-order valence-corrected chi connectivity index (χ1v) is 5.28. The summed E-state index contributed by atoms with van der Waals surface area (Å²) in [5.74, 6) is 2.03. The van der Waals surface area contributed by atoms with Crippen molar-refractivity contribution in [2.75, 3.05) is 19.1 Å². The average Bonchev–Trinajstić information content (AvgIpc) is 1.89. The summed E-state index contributed by atoms with van der Waals surface area (Å²) in [6.45, 7) is 4.53. The molecule has 1 nitrogen and oxygen atoms in total. The second kappa shape index (κ2) is 6.05. The molecule has 0 rings (SSSR count). The van der Waals surface area contributed by atoms with Crippen molar-refractivity contribution in [1.82, 2.24) is 5.32 Å². The molecule has 1 unspecified atom stereocenters. The van der Waals surface area contributed by atoms with Gasteiger partial charge < -0.3 is 5.32 Å². The van der Waals surface area contributed by atoms with Gasteiger partial charge in [0.05, 0.1) is 0 Å². The summed E-state index contributed by atoms with van der Waals surface area (Å²) < 4.78 is 0. The van der Waals surface area contributed by atoms with Crippen LogP contribution in [0.1, 0.15) is 20.3 Å². The maximum Gasteiger partial charge on any atom is 0.00949 e. The Balaban J connectivity index is 3.40. The second-order valence-electron chi connectivity index (χ2n) is 2.92. The predicted molar refractivity (Wildman–Crippen MR) is 50.7 cm³/mol. The third-order valence-electron chi connectivity index (χ3n) is 1.81. The van der Waals surface area contributed by atoms with Crippen LogP contribution in [-0.2, 0) is 0 Å². The Morgan fingerprint density at radius 2 is 2.00 bits per heavy atom. The van der Waals surface area contributed by atoms with Gasteiger partial charge in [0.15, 0.2) is 0 Å². The molecular weight excluding hydrogens is 142 g/mol. The van der Waals surface area contributed by atoms with E-state index in [1.165, 1.54) is 12.2 Å². The van der Waals surface area contributed by atoms with E-state index in [9.17, 15) is 0 Å². The van der Waals surface area contributed by atoms with Crippen molar-refractivity contribution in [3.05, 3.63) is 0 Å². The third-order valence-corrected chi connectivity index (χ3v) is 2.45. The molecule has 62 valence electrons. The molecule has 0 aromatic carbocycles. The molecule has 0 aliphatic rings. The van der Waals surface area contributed by atoms with E-state index >= 15 is 0 Å². The SMILES string of the molecule is CNC(CCSC)C(C)C. The molecule has 2 heteroatoms. The van der Waals surface area contributed by atoms with Crippen LogP contribution in [0.25, 0.3) is 0 Å². The first-order valence-electron chi connectivity index (χ1n) is 3.88. The Labute approximate surface area is 69.0 Å². The van der Waals surface area contributed by atoms with Crippen LogP contribution in [0.4, 0.5) is 0 Å². The monoisotopic (exact) mass is 161 g/mol. The Hall–Kier alpha value is 0.310. The summed E-state index contributed by atoms with van der Waals surface area (Å²) >= 11 is 1.92. The fourth-order valence-electron chi connectivity index (χ4n) is 1.06. The fourth-order valence-corrected chi connectivity index (χ4v) is 1.55. The summed E-state index contributed by atoms with van der Waals surface area (Å²) in [6.07, 6.45) is 3.45. The van der Waals surface area contributed by atoms with Crippen molar-refractivity contribution in [2.45, 2.75) is 26.3 Å². The van der Waals surface area contributed by atoms with E-state index in [1.807, 2.05) is 18.8 Å². The van der Waals surface area contributed by atoms with Crippen LogP contribution in [0, 0.1) is 5.92 Å². The molecule has 0 aliphatic heterocycles. The number of rotatable bonds is 5. The maximum atomic E-state index is 3.32. The predicted octanol–water partition coefficient (Wildman–Crippen LogP) is 1.98. The van der Waals surface area contributed by atoms with Crippen molar-refractivity contribution in [3.63, 3.8) is 0 Å². The van der Waals surface area contributed by atoms with Crippen molar-refractivity contribution in [1.29, 1.82) is 0 Å². The van der Waals surface area contributed by atoms with Gasteiger partial charge in [0.1, 0.15) is 0 Å². The van der Waals surface area contributed by atoms with Crippen molar-refractivity contribution in [3.8, 4) is 0 Å². The molecule has 1 atom stereocenters. The van der Waals surface area contributed by atoms with E-state index in [2.05, 4.69) is 25.4 Å². The fraction of sp³-hybridized carbons (Fsp3) is 1.00. The molecular formula is C8H19NS. The van der Waals surface area contributed by atoms with Gasteiger partial charge in [0.25, 0.3) is 0 Å². The molecule has 0 saturated heterocycles. The van der Waals surface area contributed by atoms with Crippen LogP contribution < -0.4 is 5.32 Å². The van der Waals surface area contributed by atoms with E-state index in [1.54, 1.807) is 0 Å². The Morgan fingerprint density at radius 1 is 1.40 bits per heavy atom. The molecule has 0 fully saturated rings. The minimum atomic E-state index is 0.701. The first kappa shape index (κ1) is 10.3. The van der Waals surface area contributed by atoms with Crippen LogP contribution in [-0.4, -0.2) is 25.1 Å². The van der Waals surface area contributed by atoms with Crippen LogP contribution in [0.3, 0.4) is 0 Å². The van der Waals surface area contributed by atoms with E-state index < -0.39 is 0 Å². The lowest BCUT2D eigenvalue weighted by atomic mass is 10.0. The molecule has 0 heterocycles. The largest absolute Gasteiger partial charge is 0.317 e. The molecule has 0 radical (unpaired) electrons. The molecule has 0 aromatic rings. The first-order chi connectivity index (χ1) is 4.72. The molecule has 0 spiro atoms. The average molecular weight is 161 g/mol. The van der Waals surface area contributed by atoms with E-state index in [0.29, 0.717) is 6.04 Å². The topological polar surface area (TPSA) is 12.0 Å². The molecule has 0 aromatic heterocycles. The third kappa shape index (κ3) is 4.18. The zero-order valence-corrected chi connectivity index (χ0v) is 8.29. The zero-order chi connectivity index (χ0) is 7.98. The zero-order valence-electron chi connectivity index (χ0n) is 7.48. The van der Waals surface area contributed by atoms with Crippen LogP contribution in [0.2, 0.25) is 0 Å². The number of hydrogen-bond acceptors (Lipinski definition) is 2. The van der Waals surface area contributed by atoms with Gasteiger partial charge in [-0.2, -0.15) is 11.8 Å². The highest BCUT2D eigenvalue weighted by Gasteiger charge is 2.08. The lowest BCUT2D eigenvalue weighted by Crippen LogP contribution is -2.30. The van der Waals surface area contributed by atoms with Gasteiger partial charge in [-0.05, 0) is 31.4 Å². The highest BCUT2D eigenvalue weighted by molar-refractivity contribution is 7.98. The van der Waals surface area contributed by atoms with Gasteiger partial charge in [0, 0.05) is 6.04 Å².